The van der Waals surface area contributed by atoms with Gasteiger partial charge in [0.05, 0.1) is 0 Å². The summed E-state index contributed by atoms with van der Waals surface area (Å²) in [5.41, 5.74) is 6.43. The Hall–Kier alpha value is -0.510. The molecule has 3 nitrogen and oxygen atoms in total. The van der Waals surface area contributed by atoms with Crippen LogP contribution in [0.4, 0.5) is 0 Å². The molecule has 1 aromatic heterocycles. The van der Waals surface area contributed by atoms with Crippen molar-refractivity contribution in [2.24, 2.45) is 5.73 Å². The van der Waals surface area contributed by atoms with Crippen LogP contribution in [0.25, 0.3) is 0 Å². The number of nitrogens with two attached hydrogens (primary N) is 1. The number of nitrogens with zero attached hydrogens (tertiary/aromatic N) is 1. The van der Waals surface area contributed by atoms with Crippen molar-refractivity contribution in [1.82, 2.24) is 4.90 Å². The molecule has 0 aliphatic heterocycles. The minimum Gasteiger partial charge on any atom is -0.449 e. The maximum absolute atomic E-state index is 5.89. The molecule has 1 heterocycles. The lowest BCUT2D eigenvalue weighted by Gasteiger charge is -2.06. The van der Waals surface area contributed by atoms with Gasteiger partial charge in [-0.25, -0.2) is 0 Å². The maximum atomic E-state index is 5.89. The third kappa shape index (κ3) is 3.03. The second kappa shape index (κ2) is 4.65. The fourth-order valence-corrected chi connectivity index (χ4v) is 1.39. The molecule has 0 saturated carbocycles. The van der Waals surface area contributed by atoms with E-state index in [4.69, 9.17) is 21.8 Å². The summed E-state index contributed by atoms with van der Waals surface area (Å²) in [6.07, 6.45) is 0.743. The second-order valence-electron chi connectivity index (χ2n) is 3.29. The predicted molar refractivity (Wildman–Crippen MR) is 53.9 cm³/mol. The highest BCUT2D eigenvalue weighted by Gasteiger charge is 2.08. The van der Waals surface area contributed by atoms with E-state index in [-0.39, 0.29) is 0 Å². The van der Waals surface area contributed by atoms with Crippen LogP contribution in [0.5, 0.6) is 0 Å². The summed E-state index contributed by atoms with van der Waals surface area (Å²) < 4.78 is 5.31. The van der Waals surface area contributed by atoms with Crippen LogP contribution >= 0.6 is 11.6 Å². The van der Waals surface area contributed by atoms with Gasteiger partial charge in [0.1, 0.15) is 5.76 Å². The maximum Gasteiger partial charge on any atom is 0.197 e. The minimum atomic E-state index is 0.483. The molecule has 0 aliphatic rings. The molecule has 0 radical (unpaired) electrons. The highest BCUT2D eigenvalue weighted by atomic mass is 35.5. The topological polar surface area (TPSA) is 42.4 Å². The van der Waals surface area contributed by atoms with Crippen molar-refractivity contribution in [2.45, 2.75) is 13.0 Å². The van der Waals surface area contributed by atoms with E-state index in [1.165, 1.54) is 0 Å². The van der Waals surface area contributed by atoms with Gasteiger partial charge in [0.2, 0.25) is 0 Å². The zero-order valence-corrected chi connectivity index (χ0v) is 8.77. The lowest BCUT2D eigenvalue weighted by atomic mass is 10.2. The molecular formula is C9H15ClN2O. The fraction of sp³-hybridized carbons (Fsp3) is 0.556. The summed E-state index contributed by atoms with van der Waals surface area (Å²) in [6, 6.07) is 1.97. The molecule has 0 aliphatic carbocycles. The zero-order chi connectivity index (χ0) is 9.84. The lowest BCUT2D eigenvalue weighted by molar-refractivity contribution is 0.399. The Labute approximate surface area is 83.5 Å². The number of hydrogen-bond donors (Lipinski definition) is 1. The van der Waals surface area contributed by atoms with Gasteiger partial charge in [-0.2, -0.15) is 0 Å². The monoisotopic (exact) mass is 202 g/mol. The Balaban J connectivity index is 2.71. The third-order valence-electron chi connectivity index (χ3n) is 1.69. The van der Waals surface area contributed by atoms with Crippen molar-refractivity contribution in [2.75, 3.05) is 20.6 Å². The van der Waals surface area contributed by atoms with Crippen LogP contribution < -0.4 is 5.73 Å². The van der Waals surface area contributed by atoms with Gasteiger partial charge in [-0.3, -0.25) is 0 Å². The van der Waals surface area contributed by atoms with E-state index in [9.17, 15) is 0 Å². The van der Waals surface area contributed by atoms with E-state index in [0.717, 1.165) is 24.3 Å². The summed E-state index contributed by atoms with van der Waals surface area (Å²) in [7, 11) is 3.98. The smallest absolute Gasteiger partial charge is 0.197 e. The molecule has 0 bridgehead atoms. The highest BCUT2D eigenvalue weighted by molar-refractivity contribution is 6.29. The van der Waals surface area contributed by atoms with E-state index >= 15 is 0 Å². The van der Waals surface area contributed by atoms with E-state index < -0.39 is 0 Å². The van der Waals surface area contributed by atoms with Crippen molar-refractivity contribution in [3.05, 3.63) is 22.6 Å². The van der Waals surface area contributed by atoms with E-state index in [2.05, 4.69) is 0 Å². The predicted octanol–water partition coefficient (Wildman–Crippen LogP) is 1.50. The summed E-state index contributed by atoms with van der Waals surface area (Å²) in [6.45, 7) is 1.39. The van der Waals surface area contributed by atoms with Crippen LogP contribution in [0.2, 0.25) is 5.22 Å². The standard InChI is InChI=1S/C9H15ClN2O/c1-12(2)6-7-5-8(3-4-11)13-9(7)10/h5H,3-4,6,11H2,1-2H3. The first-order valence-electron chi connectivity index (χ1n) is 4.25. The Kier molecular flexibility index (Phi) is 3.78. The van der Waals surface area contributed by atoms with Gasteiger partial charge < -0.3 is 15.1 Å². The summed E-state index contributed by atoms with van der Waals surface area (Å²) >= 11 is 5.89. The van der Waals surface area contributed by atoms with E-state index in [0.29, 0.717) is 11.8 Å². The van der Waals surface area contributed by atoms with Crippen LogP contribution in [0, 0.1) is 0 Å². The number of rotatable bonds is 4. The van der Waals surface area contributed by atoms with Crippen molar-refractivity contribution < 1.29 is 4.42 Å². The Morgan fingerprint density at radius 1 is 1.54 bits per heavy atom. The van der Waals surface area contributed by atoms with Gasteiger partial charge in [-0.15, -0.1) is 0 Å². The summed E-state index contributed by atoms with van der Waals surface area (Å²) in [5, 5.41) is 0.483. The van der Waals surface area contributed by atoms with Gasteiger partial charge in [0.25, 0.3) is 0 Å². The Bertz CT molecular complexity index is 271. The zero-order valence-electron chi connectivity index (χ0n) is 8.01. The van der Waals surface area contributed by atoms with Crippen LogP contribution in [0.3, 0.4) is 0 Å². The first-order valence-corrected chi connectivity index (χ1v) is 4.63. The molecule has 0 atom stereocenters. The fourth-order valence-electron chi connectivity index (χ4n) is 1.18. The van der Waals surface area contributed by atoms with Crippen molar-refractivity contribution in [3.63, 3.8) is 0 Å². The van der Waals surface area contributed by atoms with Crippen molar-refractivity contribution in [3.8, 4) is 0 Å². The second-order valence-corrected chi connectivity index (χ2v) is 3.63. The average Bonchev–Trinajstić information content (AvgIpc) is 2.31. The molecule has 2 N–H and O–H groups in total. The normalized spacial score (nSPS) is 11.2. The Morgan fingerprint density at radius 2 is 2.23 bits per heavy atom. The SMILES string of the molecule is CN(C)Cc1cc(CCN)oc1Cl. The molecule has 0 amide bonds. The first-order chi connectivity index (χ1) is 6.13. The van der Waals surface area contributed by atoms with Crippen LogP contribution in [0.15, 0.2) is 10.5 Å². The summed E-state index contributed by atoms with van der Waals surface area (Å²) in [4.78, 5) is 2.04. The minimum absolute atomic E-state index is 0.483. The van der Waals surface area contributed by atoms with E-state index in [1.807, 2.05) is 25.1 Å². The number of halogens is 1. The van der Waals surface area contributed by atoms with Gasteiger partial charge in [-0.1, -0.05) is 0 Å². The van der Waals surface area contributed by atoms with Gasteiger partial charge in [0, 0.05) is 18.5 Å². The van der Waals surface area contributed by atoms with Crippen molar-refractivity contribution in [1.29, 1.82) is 0 Å². The molecule has 0 aromatic carbocycles. The van der Waals surface area contributed by atoms with E-state index in [1.54, 1.807) is 0 Å². The van der Waals surface area contributed by atoms with Crippen molar-refractivity contribution >= 4 is 11.6 Å². The van der Waals surface area contributed by atoms with Crippen LogP contribution in [-0.2, 0) is 13.0 Å². The Morgan fingerprint density at radius 3 is 2.77 bits per heavy atom. The number of furan rings is 1. The molecule has 0 fully saturated rings. The quantitative estimate of drug-likeness (QED) is 0.805. The lowest BCUT2D eigenvalue weighted by Crippen LogP contribution is -2.10. The average molecular weight is 203 g/mol. The van der Waals surface area contributed by atoms with Gasteiger partial charge >= 0.3 is 0 Å². The molecular weight excluding hydrogens is 188 g/mol. The molecule has 13 heavy (non-hydrogen) atoms. The van der Waals surface area contributed by atoms with Crippen LogP contribution in [-0.4, -0.2) is 25.5 Å². The third-order valence-corrected chi connectivity index (χ3v) is 2.01. The first kappa shape index (κ1) is 10.6. The molecule has 1 aromatic rings. The van der Waals surface area contributed by atoms with Gasteiger partial charge in [0.15, 0.2) is 5.22 Å². The molecule has 0 spiro atoms. The molecule has 4 heteroatoms. The van der Waals surface area contributed by atoms with Crippen LogP contribution in [0.1, 0.15) is 11.3 Å². The van der Waals surface area contributed by atoms with Gasteiger partial charge in [-0.05, 0) is 38.3 Å². The molecule has 0 unspecified atom stereocenters. The largest absolute Gasteiger partial charge is 0.449 e. The molecule has 74 valence electrons. The highest BCUT2D eigenvalue weighted by Crippen LogP contribution is 2.21. The molecule has 0 saturated heterocycles. The number of hydrogen-bond acceptors (Lipinski definition) is 3. The molecule has 1 rings (SSSR count). The summed E-state index contributed by atoms with van der Waals surface area (Å²) in [5.74, 6) is 0.865.